The number of carboxylic acid groups (broad SMARTS) is 1. The molecule has 4 nitrogen and oxygen atoms in total. The van der Waals surface area contributed by atoms with E-state index in [1.54, 1.807) is 6.92 Å². The molecule has 0 spiro atoms. The summed E-state index contributed by atoms with van der Waals surface area (Å²) in [6, 6.07) is 0. The van der Waals surface area contributed by atoms with Crippen LogP contribution in [0.15, 0.2) is 0 Å². The molecule has 0 bridgehead atoms. The Morgan fingerprint density at radius 1 is 1.29 bits per heavy atom. The molecule has 0 radical (unpaired) electrons. The summed E-state index contributed by atoms with van der Waals surface area (Å²) in [4.78, 5) is 13.6. The lowest BCUT2D eigenvalue weighted by atomic mass is 9.95. The van der Waals surface area contributed by atoms with Gasteiger partial charge in [-0.25, -0.2) is 0 Å². The van der Waals surface area contributed by atoms with Gasteiger partial charge < -0.3 is 15.3 Å². The lowest BCUT2D eigenvalue weighted by Gasteiger charge is -2.27. The molecule has 1 atom stereocenters. The van der Waals surface area contributed by atoms with Crippen LogP contribution >= 0.6 is 0 Å². The monoisotopic (exact) mass is 244 g/mol. The molecule has 0 aliphatic rings. The first-order valence-electron chi connectivity index (χ1n) is 6.70. The molecule has 0 aliphatic carbocycles. The zero-order chi connectivity index (χ0) is 13.3. The van der Waals surface area contributed by atoms with Crippen LogP contribution < -0.4 is 5.32 Å². The first kappa shape index (κ1) is 16.4. The maximum Gasteiger partial charge on any atom is 0.323 e. The van der Waals surface area contributed by atoms with E-state index in [-0.39, 0.29) is 0 Å². The van der Waals surface area contributed by atoms with Crippen molar-refractivity contribution < 1.29 is 9.90 Å². The second kappa shape index (κ2) is 8.48. The zero-order valence-electron chi connectivity index (χ0n) is 11.8. The molecule has 102 valence electrons. The summed E-state index contributed by atoms with van der Waals surface area (Å²) >= 11 is 0. The van der Waals surface area contributed by atoms with Gasteiger partial charge in [0.2, 0.25) is 0 Å². The van der Waals surface area contributed by atoms with Crippen molar-refractivity contribution in [1.82, 2.24) is 10.2 Å². The SMILES string of the molecule is CCCN(CC)CCCC(C)(NCC)C(=O)O. The normalized spacial score (nSPS) is 14.9. The van der Waals surface area contributed by atoms with Crippen molar-refractivity contribution in [3.63, 3.8) is 0 Å². The van der Waals surface area contributed by atoms with Crippen molar-refractivity contribution in [2.75, 3.05) is 26.2 Å². The summed E-state index contributed by atoms with van der Waals surface area (Å²) in [6.07, 6.45) is 2.75. The molecule has 0 aliphatic heterocycles. The van der Waals surface area contributed by atoms with Gasteiger partial charge in [0, 0.05) is 0 Å². The van der Waals surface area contributed by atoms with Gasteiger partial charge in [-0.05, 0) is 52.4 Å². The van der Waals surface area contributed by atoms with Crippen LogP contribution in [0.3, 0.4) is 0 Å². The minimum absolute atomic E-state index is 0.677. The summed E-state index contributed by atoms with van der Waals surface area (Å²) < 4.78 is 0. The standard InChI is InChI=1S/C13H28N2O2/c1-5-10-15(7-3)11-8-9-13(4,12(16)17)14-6-2/h14H,5-11H2,1-4H3,(H,16,17). The fourth-order valence-electron chi connectivity index (χ4n) is 2.06. The Kier molecular flexibility index (Phi) is 8.17. The van der Waals surface area contributed by atoms with Crippen molar-refractivity contribution >= 4 is 5.97 Å². The average molecular weight is 244 g/mol. The fourth-order valence-corrected chi connectivity index (χ4v) is 2.06. The highest BCUT2D eigenvalue weighted by Gasteiger charge is 2.31. The van der Waals surface area contributed by atoms with Gasteiger partial charge >= 0.3 is 5.97 Å². The van der Waals surface area contributed by atoms with Crippen LogP contribution in [-0.2, 0) is 4.79 Å². The van der Waals surface area contributed by atoms with Gasteiger partial charge in [0.15, 0.2) is 0 Å². The van der Waals surface area contributed by atoms with Gasteiger partial charge in [0.1, 0.15) is 5.54 Å². The Bertz CT molecular complexity index is 221. The molecule has 0 rings (SSSR count). The first-order valence-corrected chi connectivity index (χ1v) is 6.70. The number of rotatable bonds is 10. The largest absolute Gasteiger partial charge is 0.480 e. The van der Waals surface area contributed by atoms with E-state index in [2.05, 4.69) is 24.1 Å². The maximum absolute atomic E-state index is 11.2. The van der Waals surface area contributed by atoms with Crippen molar-refractivity contribution in [3.8, 4) is 0 Å². The molecule has 2 N–H and O–H groups in total. The van der Waals surface area contributed by atoms with Crippen LogP contribution in [0.5, 0.6) is 0 Å². The molecule has 0 aromatic rings. The molecule has 0 amide bonds. The number of carboxylic acids is 1. The Morgan fingerprint density at radius 3 is 2.35 bits per heavy atom. The number of nitrogens with zero attached hydrogens (tertiary/aromatic N) is 1. The zero-order valence-corrected chi connectivity index (χ0v) is 11.8. The number of likely N-dealkylation sites (N-methyl/N-ethyl adjacent to an activating group) is 1. The van der Waals surface area contributed by atoms with Crippen LogP contribution in [0.1, 0.15) is 47.0 Å². The van der Waals surface area contributed by atoms with Crippen molar-refractivity contribution in [3.05, 3.63) is 0 Å². The van der Waals surface area contributed by atoms with Crippen molar-refractivity contribution in [2.45, 2.75) is 52.5 Å². The third-order valence-electron chi connectivity index (χ3n) is 3.18. The molecular weight excluding hydrogens is 216 g/mol. The van der Waals surface area contributed by atoms with Gasteiger partial charge in [-0.3, -0.25) is 4.79 Å². The van der Waals surface area contributed by atoms with E-state index in [9.17, 15) is 9.90 Å². The molecule has 0 saturated carbocycles. The fraction of sp³-hybridized carbons (Fsp3) is 0.923. The van der Waals surface area contributed by atoms with E-state index in [0.717, 1.165) is 32.5 Å². The molecule has 0 aromatic heterocycles. The Morgan fingerprint density at radius 2 is 1.94 bits per heavy atom. The van der Waals surface area contributed by atoms with Crippen molar-refractivity contribution in [2.24, 2.45) is 0 Å². The van der Waals surface area contributed by atoms with E-state index >= 15 is 0 Å². The summed E-state index contributed by atoms with van der Waals surface area (Å²) in [7, 11) is 0. The first-order chi connectivity index (χ1) is 8.00. The molecule has 1 unspecified atom stereocenters. The maximum atomic E-state index is 11.2. The highest BCUT2D eigenvalue weighted by atomic mass is 16.4. The van der Waals surface area contributed by atoms with Gasteiger partial charge in [-0.15, -0.1) is 0 Å². The Balaban J connectivity index is 4.09. The van der Waals surface area contributed by atoms with Gasteiger partial charge in [-0.2, -0.15) is 0 Å². The van der Waals surface area contributed by atoms with Gasteiger partial charge in [0.25, 0.3) is 0 Å². The lowest BCUT2D eigenvalue weighted by molar-refractivity contribution is -0.144. The van der Waals surface area contributed by atoms with E-state index < -0.39 is 11.5 Å². The molecular formula is C13H28N2O2. The molecule has 0 heterocycles. The Hall–Kier alpha value is -0.610. The number of carbonyl (C=O) groups is 1. The summed E-state index contributed by atoms with van der Waals surface area (Å²) in [5, 5.41) is 12.3. The van der Waals surface area contributed by atoms with E-state index in [1.807, 2.05) is 6.92 Å². The smallest absolute Gasteiger partial charge is 0.323 e. The van der Waals surface area contributed by atoms with Gasteiger partial charge in [0.05, 0.1) is 0 Å². The summed E-state index contributed by atoms with van der Waals surface area (Å²) in [6.45, 7) is 11.8. The van der Waals surface area contributed by atoms with Crippen LogP contribution in [0.4, 0.5) is 0 Å². The van der Waals surface area contributed by atoms with E-state index in [4.69, 9.17) is 0 Å². The van der Waals surface area contributed by atoms with Crippen LogP contribution in [-0.4, -0.2) is 47.7 Å². The molecule has 4 heteroatoms. The summed E-state index contributed by atoms with van der Waals surface area (Å²) in [5.74, 6) is -0.752. The van der Waals surface area contributed by atoms with Crippen LogP contribution in [0.2, 0.25) is 0 Å². The molecule has 0 aromatic carbocycles. The second-order valence-electron chi connectivity index (χ2n) is 4.71. The second-order valence-corrected chi connectivity index (χ2v) is 4.71. The van der Waals surface area contributed by atoms with Crippen LogP contribution in [0, 0.1) is 0 Å². The number of nitrogens with one attached hydrogen (secondary N) is 1. The predicted molar refractivity (Wildman–Crippen MR) is 71.4 cm³/mol. The van der Waals surface area contributed by atoms with Gasteiger partial charge in [-0.1, -0.05) is 20.8 Å². The highest BCUT2D eigenvalue weighted by molar-refractivity contribution is 5.78. The number of hydrogen-bond donors (Lipinski definition) is 2. The van der Waals surface area contributed by atoms with E-state index in [1.165, 1.54) is 0 Å². The minimum Gasteiger partial charge on any atom is -0.480 e. The number of hydrogen-bond acceptors (Lipinski definition) is 3. The predicted octanol–water partition coefficient (Wildman–Crippen LogP) is 1.95. The third-order valence-corrected chi connectivity index (χ3v) is 3.18. The van der Waals surface area contributed by atoms with E-state index in [0.29, 0.717) is 13.0 Å². The lowest BCUT2D eigenvalue weighted by Crippen LogP contribution is -2.49. The van der Waals surface area contributed by atoms with Crippen molar-refractivity contribution in [1.29, 1.82) is 0 Å². The molecule has 0 fully saturated rings. The average Bonchev–Trinajstić information content (AvgIpc) is 2.28. The highest BCUT2D eigenvalue weighted by Crippen LogP contribution is 2.13. The minimum atomic E-state index is -0.777. The third kappa shape index (κ3) is 6.03. The number of aliphatic carboxylic acids is 1. The summed E-state index contributed by atoms with van der Waals surface area (Å²) in [5.41, 5.74) is -0.777. The Labute approximate surface area is 105 Å². The van der Waals surface area contributed by atoms with Crippen LogP contribution in [0.25, 0.3) is 0 Å². The quantitative estimate of drug-likeness (QED) is 0.617. The molecule has 0 saturated heterocycles. The molecule has 17 heavy (non-hydrogen) atoms. The topological polar surface area (TPSA) is 52.6 Å².